The van der Waals surface area contributed by atoms with Crippen molar-refractivity contribution in [3.8, 4) is 11.8 Å². The summed E-state index contributed by atoms with van der Waals surface area (Å²) in [5.74, 6) is 4.35. The summed E-state index contributed by atoms with van der Waals surface area (Å²) in [6.07, 6.45) is 2.99. The highest BCUT2D eigenvalue weighted by molar-refractivity contribution is 5.71. The summed E-state index contributed by atoms with van der Waals surface area (Å²) >= 11 is 0. The van der Waals surface area contributed by atoms with E-state index in [0.717, 1.165) is 0 Å². The van der Waals surface area contributed by atoms with Gasteiger partial charge in [-0.3, -0.25) is 4.68 Å². The first-order valence-corrected chi connectivity index (χ1v) is 4.42. The Morgan fingerprint density at radius 2 is 2.62 bits per heavy atom. The van der Waals surface area contributed by atoms with Crippen LogP contribution in [0.2, 0.25) is 0 Å². The molecule has 1 N–H and O–H groups in total. The van der Waals surface area contributed by atoms with Crippen molar-refractivity contribution >= 4 is 5.97 Å². The molecule has 0 saturated heterocycles. The number of rotatable bonds is 3. The molecule has 7 heteroatoms. The number of aromatic nitrogens is 2. The van der Waals surface area contributed by atoms with E-state index >= 15 is 0 Å². The van der Waals surface area contributed by atoms with Crippen LogP contribution in [0.1, 0.15) is 18.5 Å². The number of aliphatic carboxylic acids is 1. The molecule has 7 nitrogen and oxygen atoms in total. The predicted molar refractivity (Wildman–Crippen MR) is 55.5 cm³/mol. The van der Waals surface area contributed by atoms with Gasteiger partial charge < -0.3 is 5.11 Å². The van der Waals surface area contributed by atoms with Gasteiger partial charge in [0, 0.05) is 11.1 Å². The molecule has 0 saturated carbocycles. The third kappa shape index (κ3) is 3.04. The van der Waals surface area contributed by atoms with Crippen LogP contribution in [0.25, 0.3) is 10.4 Å². The number of nitrogens with zero attached hydrogens (tertiary/aromatic N) is 5. The van der Waals surface area contributed by atoms with E-state index in [1.54, 1.807) is 0 Å². The van der Waals surface area contributed by atoms with Gasteiger partial charge in [-0.15, -0.1) is 0 Å². The molecule has 0 spiro atoms. The first-order chi connectivity index (χ1) is 7.65. The van der Waals surface area contributed by atoms with E-state index in [-0.39, 0.29) is 6.54 Å². The Morgan fingerprint density at radius 3 is 3.25 bits per heavy atom. The predicted octanol–water partition coefficient (Wildman–Crippen LogP) is 1.19. The maximum atomic E-state index is 10.7. The molecular formula is C9H9N5O2. The fraction of sp³-hybridized carbons (Fsp3) is 0.333. The van der Waals surface area contributed by atoms with Crippen LogP contribution in [0.5, 0.6) is 0 Å². The lowest BCUT2D eigenvalue weighted by molar-refractivity contribution is -0.140. The van der Waals surface area contributed by atoms with Gasteiger partial charge in [0.2, 0.25) is 0 Å². The lowest BCUT2D eigenvalue weighted by atomic mass is 10.3. The van der Waals surface area contributed by atoms with Gasteiger partial charge >= 0.3 is 5.97 Å². The summed E-state index contributed by atoms with van der Waals surface area (Å²) in [5, 5.41) is 15.8. The lowest BCUT2D eigenvalue weighted by Crippen LogP contribution is -2.15. The quantitative estimate of drug-likeness (QED) is 0.357. The number of hydrogen-bond acceptors (Lipinski definition) is 3. The van der Waals surface area contributed by atoms with Gasteiger partial charge in [-0.1, -0.05) is 17.0 Å². The van der Waals surface area contributed by atoms with Crippen molar-refractivity contribution in [1.29, 1.82) is 0 Å². The zero-order valence-electron chi connectivity index (χ0n) is 8.53. The highest BCUT2D eigenvalue weighted by Crippen LogP contribution is 2.05. The minimum absolute atomic E-state index is 0.0795. The van der Waals surface area contributed by atoms with Gasteiger partial charge in [-0.25, -0.2) is 4.79 Å². The lowest BCUT2D eigenvalue weighted by Gasteiger charge is -2.04. The normalized spacial score (nSPS) is 10.8. The molecule has 0 aliphatic heterocycles. The molecule has 0 bridgehead atoms. The second kappa shape index (κ2) is 5.44. The Labute approximate surface area is 91.3 Å². The van der Waals surface area contributed by atoms with Gasteiger partial charge in [0.05, 0.1) is 18.3 Å². The maximum absolute atomic E-state index is 10.7. The molecule has 16 heavy (non-hydrogen) atoms. The van der Waals surface area contributed by atoms with E-state index in [1.165, 1.54) is 24.0 Å². The number of hydrogen-bond donors (Lipinski definition) is 1. The van der Waals surface area contributed by atoms with Crippen LogP contribution in [-0.2, 0) is 4.79 Å². The molecule has 1 atom stereocenters. The molecule has 0 amide bonds. The standard InChI is InChI=1S/C9H9N5O2/c1-7(9(15)16)14-6-8(5-12-14)3-2-4-11-13-10/h5-7H,4H2,1H3,(H,15,16)/t7-/m0/s1. The smallest absolute Gasteiger partial charge is 0.328 e. The van der Waals surface area contributed by atoms with E-state index in [9.17, 15) is 4.79 Å². The molecule has 0 aliphatic carbocycles. The molecule has 0 aliphatic rings. The van der Waals surface area contributed by atoms with E-state index in [0.29, 0.717) is 5.56 Å². The molecule has 0 aromatic carbocycles. The van der Waals surface area contributed by atoms with Crippen LogP contribution in [-0.4, -0.2) is 27.4 Å². The average molecular weight is 219 g/mol. The van der Waals surface area contributed by atoms with Crippen molar-refractivity contribution in [1.82, 2.24) is 9.78 Å². The minimum Gasteiger partial charge on any atom is -0.480 e. The van der Waals surface area contributed by atoms with Crippen LogP contribution in [0, 0.1) is 11.8 Å². The largest absolute Gasteiger partial charge is 0.480 e. The SMILES string of the molecule is C[C@@H](C(=O)O)n1cc(C#CCN=[N+]=[N-])cn1. The summed E-state index contributed by atoms with van der Waals surface area (Å²) in [6, 6.07) is -0.729. The van der Waals surface area contributed by atoms with Gasteiger partial charge in [0.15, 0.2) is 0 Å². The Bertz CT molecular complexity index is 489. The number of carbonyl (C=O) groups is 1. The van der Waals surface area contributed by atoms with Crippen molar-refractivity contribution in [2.24, 2.45) is 5.11 Å². The molecule has 1 rings (SSSR count). The average Bonchev–Trinajstić information content (AvgIpc) is 2.72. The minimum atomic E-state index is -0.961. The first-order valence-electron chi connectivity index (χ1n) is 4.42. The third-order valence-electron chi connectivity index (χ3n) is 1.80. The Kier molecular flexibility index (Phi) is 3.95. The van der Waals surface area contributed by atoms with Gasteiger partial charge in [0.1, 0.15) is 6.04 Å². The highest BCUT2D eigenvalue weighted by Gasteiger charge is 2.13. The summed E-state index contributed by atoms with van der Waals surface area (Å²) in [7, 11) is 0. The molecule has 0 unspecified atom stereocenters. The molecule has 0 radical (unpaired) electrons. The Morgan fingerprint density at radius 1 is 1.88 bits per heavy atom. The first kappa shape index (κ1) is 11.6. The fourth-order valence-electron chi connectivity index (χ4n) is 0.936. The third-order valence-corrected chi connectivity index (χ3v) is 1.80. The van der Waals surface area contributed by atoms with E-state index in [4.69, 9.17) is 10.6 Å². The summed E-state index contributed by atoms with van der Waals surface area (Å²) in [6.45, 7) is 1.60. The maximum Gasteiger partial charge on any atom is 0.328 e. The van der Waals surface area contributed by atoms with Crippen LogP contribution >= 0.6 is 0 Å². The van der Waals surface area contributed by atoms with E-state index in [1.807, 2.05) is 0 Å². The molecular weight excluding hydrogens is 210 g/mol. The number of azide groups is 1. The summed E-state index contributed by atoms with van der Waals surface area (Å²) < 4.78 is 1.31. The number of carboxylic acids is 1. The second-order valence-electron chi connectivity index (χ2n) is 2.91. The van der Waals surface area contributed by atoms with Crippen LogP contribution in [0.3, 0.4) is 0 Å². The fourth-order valence-corrected chi connectivity index (χ4v) is 0.936. The topological polar surface area (TPSA) is 104 Å². The summed E-state index contributed by atoms with van der Waals surface area (Å²) in [5.41, 5.74) is 8.59. The van der Waals surface area contributed by atoms with E-state index < -0.39 is 12.0 Å². The van der Waals surface area contributed by atoms with Crippen molar-refractivity contribution < 1.29 is 9.90 Å². The zero-order valence-corrected chi connectivity index (χ0v) is 8.53. The molecule has 0 fully saturated rings. The van der Waals surface area contributed by atoms with Crippen LogP contribution in [0.15, 0.2) is 17.5 Å². The van der Waals surface area contributed by atoms with Crippen molar-refractivity contribution in [2.75, 3.05) is 6.54 Å². The molecule has 1 heterocycles. The monoisotopic (exact) mass is 219 g/mol. The number of carboxylic acid groups (broad SMARTS) is 1. The Balaban J connectivity index is 2.74. The van der Waals surface area contributed by atoms with Gasteiger partial charge in [0.25, 0.3) is 0 Å². The van der Waals surface area contributed by atoms with Crippen molar-refractivity contribution in [3.63, 3.8) is 0 Å². The van der Waals surface area contributed by atoms with Crippen molar-refractivity contribution in [3.05, 3.63) is 28.4 Å². The molecule has 82 valence electrons. The van der Waals surface area contributed by atoms with E-state index in [2.05, 4.69) is 27.0 Å². The van der Waals surface area contributed by atoms with Crippen LogP contribution in [0.4, 0.5) is 0 Å². The molecule has 1 aromatic heterocycles. The van der Waals surface area contributed by atoms with Gasteiger partial charge in [-0.2, -0.15) is 5.10 Å². The molecule has 1 aromatic rings. The summed E-state index contributed by atoms with van der Waals surface area (Å²) in [4.78, 5) is 13.2. The van der Waals surface area contributed by atoms with Crippen molar-refractivity contribution in [2.45, 2.75) is 13.0 Å². The zero-order chi connectivity index (χ0) is 12.0. The van der Waals surface area contributed by atoms with Gasteiger partial charge in [-0.05, 0) is 12.5 Å². The van der Waals surface area contributed by atoms with Crippen LogP contribution < -0.4 is 0 Å². The highest BCUT2D eigenvalue weighted by atomic mass is 16.4. The Hall–Kier alpha value is -2.45. The second-order valence-corrected chi connectivity index (χ2v) is 2.91.